The minimum Gasteiger partial charge on any atom is -0.369 e. The third-order valence-electron chi connectivity index (χ3n) is 2.85. The Balaban J connectivity index is 2.52. The number of nitrogens with two attached hydrogens (primary N) is 1. The highest BCUT2D eigenvalue weighted by Gasteiger charge is 2.14. The van der Waals surface area contributed by atoms with Gasteiger partial charge in [0.1, 0.15) is 0 Å². The quantitative estimate of drug-likeness (QED) is 0.797. The van der Waals surface area contributed by atoms with Crippen LogP contribution in [0, 0.1) is 0 Å². The van der Waals surface area contributed by atoms with Gasteiger partial charge in [-0.3, -0.25) is 0 Å². The molecule has 0 spiro atoms. The van der Waals surface area contributed by atoms with Crippen LogP contribution >= 0.6 is 0 Å². The van der Waals surface area contributed by atoms with Gasteiger partial charge in [0.05, 0.1) is 5.69 Å². The summed E-state index contributed by atoms with van der Waals surface area (Å²) < 4.78 is 1.67. The van der Waals surface area contributed by atoms with E-state index in [0.717, 1.165) is 16.9 Å². The van der Waals surface area contributed by atoms with Gasteiger partial charge in [-0.2, -0.15) is 0 Å². The predicted molar refractivity (Wildman–Crippen MR) is 63.2 cm³/mol. The zero-order chi connectivity index (χ0) is 11.7. The summed E-state index contributed by atoms with van der Waals surface area (Å²) in [6, 6.07) is 2.19. The zero-order valence-electron chi connectivity index (χ0n) is 9.75. The number of hydrogen-bond acceptors (Lipinski definition) is 5. The van der Waals surface area contributed by atoms with E-state index in [4.69, 9.17) is 5.73 Å². The maximum atomic E-state index is 5.66. The first-order valence-electron chi connectivity index (χ1n) is 5.22. The van der Waals surface area contributed by atoms with Crippen molar-refractivity contribution >= 4 is 16.9 Å². The maximum absolute atomic E-state index is 5.66. The number of anilines is 1. The second kappa shape index (κ2) is 4.05. The van der Waals surface area contributed by atoms with Crippen molar-refractivity contribution in [3.63, 3.8) is 0 Å². The zero-order valence-corrected chi connectivity index (χ0v) is 9.75. The molecule has 0 saturated carbocycles. The lowest BCUT2D eigenvalue weighted by molar-refractivity contribution is 0.696. The van der Waals surface area contributed by atoms with Gasteiger partial charge < -0.3 is 10.6 Å². The normalized spacial score (nSPS) is 13.0. The van der Waals surface area contributed by atoms with Gasteiger partial charge in [-0.15, -0.1) is 5.10 Å². The van der Waals surface area contributed by atoms with Gasteiger partial charge in [-0.05, 0) is 13.0 Å². The van der Waals surface area contributed by atoms with E-state index in [1.54, 1.807) is 10.9 Å². The van der Waals surface area contributed by atoms with Crippen molar-refractivity contribution in [3.8, 4) is 0 Å². The predicted octanol–water partition coefficient (Wildman–Crippen LogP) is 0.147. The van der Waals surface area contributed by atoms with Crippen LogP contribution in [0.4, 0.5) is 5.69 Å². The van der Waals surface area contributed by atoms with Gasteiger partial charge in [0.25, 0.3) is 0 Å². The average Bonchev–Trinajstić information content (AvgIpc) is 2.69. The minimum absolute atomic E-state index is 0.257. The van der Waals surface area contributed by atoms with Crippen LogP contribution in [-0.2, 0) is 7.05 Å². The molecule has 16 heavy (non-hydrogen) atoms. The average molecular weight is 220 g/mol. The van der Waals surface area contributed by atoms with E-state index in [-0.39, 0.29) is 6.04 Å². The highest BCUT2D eigenvalue weighted by Crippen LogP contribution is 2.22. The molecule has 0 amide bonds. The SMILES string of the molecule is CC(CN)N(C)c1ccnc2c1nnn2C. The fourth-order valence-corrected chi connectivity index (χ4v) is 1.60. The van der Waals surface area contributed by atoms with Gasteiger partial charge in [-0.25, -0.2) is 9.67 Å². The lowest BCUT2D eigenvalue weighted by Crippen LogP contribution is -2.35. The van der Waals surface area contributed by atoms with Crippen molar-refractivity contribution in [2.24, 2.45) is 12.8 Å². The van der Waals surface area contributed by atoms with Gasteiger partial charge in [0.2, 0.25) is 0 Å². The Bertz CT molecular complexity index is 491. The summed E-state index contributed by atoms with van der Waals surface area (Å²) in [5.74, 6) is 0. The number of rotatable bonds is 3. The summed E-state index contributed by atoms with van der Waals surface area (Å²) in [5.41, 5.74) is 8.27. The Labute approximate surface area is 94.1 Å². The first-order valence-corrected chi connectivity index (χ1v) is 5.22. The third-order valence-corrected chi connectivity index (χ3v) is 2.85. The minimum atomic E-state index is 0.257. The first kappa shape index (κ1) is 10.8. The molecule has 0 aliphatic carbocycles. The molecule has 0 saturated heterocycles. The summed E-state index contributed by atoms with van der Waals surface area (Å²) in [6.07, 6.45) is 1.76. The lowest BCUT2D eigenvalue weighted by atomic mass is 10.2. The van der Waals surface area contributed by atoms with Crippen molar-refractivity contribution in [2.75, 3.05) is 18.5 Å². The highest BCUT2D eigenvalue weighted by molar-refractivity contribution is 5.85. The third kappa shape index (κ3) is 1.61. The summed E-state index contributed by atoms with van der Waals surface area (Å²) in [6.45, 7) is 2.67. The van der Waals surface area contributed by atoms with Crippen molar-refractivity contribution in [2.45, 2.75) is 13.0 Å². The van der Waals surface area contributed by atoms with Gasteiger partial charge in [0.15, 0.2) is 11.2 Å². The molecule has 2 heterocycles. The number of fused-ring (bicyclic) bond motifs is 1. The largest absolute Gasteiger partial charge is 0.369 e. The van der Waals surface area contributed by atoms with Crippen LogP contribution in [0.5, 0.6) is 0 Å². The molecular weight excluding hydrogens is 204 g/mol. The van der Waals surface area contributed by atoms with E-state index in [0.29, 0.717) is 6.54 Å². The second-order valence-electron chi connectivity index (χ2n) is 3.91. The van der Waals surface area contributed by atoms with Crippen molar-refractivity contribution in [1.29, 1.82) is 0 Å². The molecule has 2 aromatic rings. The molecule has 1 unspecified atom stereocenters. The molecule has 6 heteroatoms. The Morgan fingerprint density at radius 2 is 2.31 bits per heavy atom. The van der Waals surface area contributed by atoms with E-state index >= 15 is 0 Å². The number of pyridine rings is 1. The van der Waals surface area contributed by atoms with Crippen LogP contribution in [0.2, 0.25) is 0 Å². The molecule has 2 aromatic heterocycles. The fourth-order valence-electron chi connectivity index (χ4n) is 1.60. The Morgan fingerprint density at radius 1 is 1.56 bits per heavy atom. The number of likely N-dealkylation sites (N-methyl/N-ethyl adjacent to an activating group) is 1. The molecular formula is C10H16N6. The molecule has 0 aliphatic rings. The molecule has 2 N–H and O–H groups in total. The van der Waals surface area contributed by atoms with Gasteiger partial charge in [-0.1, -0.05) is 5.21 Å². The van der Waals surface area contributed by atoms with Crippen molar-refractivity contribution in [1.82, 2.24) is 20.0 Å². The highest BCUT2D eigenvalue weighted by atomic mass is 15.4. The first-order chi connectivity index (χ1) is 7.65. The molecule has 0 radical (unpaired) electrons. The van der Waals surface area contributed by atoms with Gasteiger partial charge >= 0.3 is 0 Å². The smallest absolute Gasteiger partial charge is 0.180 e. The summed E-state index contributed by atoms with van der Waals surface area (Å²) in [4.78, 5) is 6.34. The van der Waals surface area contributed by atoms with Crippen LogP contribution in [0.15, 0.2) is 12.3 Å². The molecule has 0 aliphatic heterocycles. The van der Waals surface area contributed by atoms with Crippen LogP contribution in [0.25, 0.3) is 11.2 Å². The molecule has 0 fully saturated rings. The fraction of sp³-hybridized carbons (Fsp3) is 0.500. The van der Waals surface area contributed by atoms with Crippen molar-refractivity contribution in [3.05, 3.63) is 12.3 Å². The van der Waals surface area contributed by atoms with Crippen molar-refractivity contribution < 1.29 is 0 Å². The maximum Gasteiger partial charge on any atom is 0.180 e. The Hall–Kier alpha value is -1.69. The summed E-state index contributed by atoms with van der Waals surface area (Å²) >= 11 is 0. The lowest BCUT2D eigenvalue weighted by Gasteiger charge is -2.25. The monoisotopic (exact) mass is 220 g/mol. The van der Waals surface area contributed by atoms with Crippen LogP contribution in [-0.4, -0.2) is 39.6 Å². The van der Waals surface area contributed by atoms with E-state index in [9.17, 15) is 0 Å². The topological polar surface area (TPSA) is 72.9 Å². The second-order valence-corrected chi connectivity index (χ2v) is 3.91. The Morgan fingerprint density at radius 3 is 3.00 bits per heavy atom. The van der Waals surface area contributed by atoms with Crippen LogP contribution < -0.4 is 10.6 Å². The van der Waals surface area contributed by atoms with E-state index in [1.165, 1.54) is 0 Å². The van der Waals surface area contributed by atoms with E-state index < -0.39 is 0 Å². The number of hydrogen-bond donors (Lipinski definition) is 1. The number of nitrogens with zero attached hydrogens (tertiary/aromatic N) is 5. The van der Waals surface area contributed by atoms with E-state index in [1.807, 2.05) is 20.2 Å². The van der Waals surface area contributed by atoms with Crippen LogP contribution in [0.1, 0.15) is 6.92 Å². The van der Waals surface area contributed by atoms with E-state index in [2.05, 4.69) is 27.1 Å². The van der Waals surface area contributed by atoms with Gasteiger partial charge in [0, 0.05) is 32.9 Å². The molecule has 2 rings (SSSR count). The number of aromatic nitrogens is 4. The Kier molecular flexibility index (Phi) is 2.74. The summed E-state index contributed by atoms with van der Waals surface area (Å²) in [5, 5.41) is 8.09. The molecule has 86 valence electrons. The molecule has 0 bridgehead atoms. The molecule has 1 atom stereocenters. The summed E-state index contributed by atoms with van der Waals surface area (Å²) in [7, 11) is 3.83. The number of aryl methyl sites for hydroxylation is 1. The molecule has 6 nitrogen and oxygen atoms in total. The standard InChI is InChI=1S/C10H16N6/c1-7(6-11)15(2)8-4-5-12-10-9(8)13-14-16(10)3/h4-5,7H,6,11H2,1-3H3. The van der Waals surface area contributed by atoms with Crippen LogP contribution in [0.3, 0.4) is 0 Å². The molecule has 0 aromatic carbocycles.